The molecule has 9 nitrogen and oxygen atoms in total. The number of alkyl halides is 3. The molecule has 39 heavy (non-hydrogen) atoms. The van der Waals surface area contributed by atoms with Gasteiger partial charge in [0.15, 0.2) is 0 Å². The molecule has 1 fully saturated rings. The van der Waals surface area contributed by atoms with E-state index in [2.05, 4.69) is 15.4 Å². The Kier molecular flexibility index (Phi) is 6.51. The van der Waals surface area contributed by atoms with E-state index in [9.17, 15) is 22.8 Å². The summed E-state index contributed by atoms with van der Waals surface area (Å²) in [6.07, 6.45) is -3.33. The van der Waals surface area contributed by atoms with Gasteiger partial charge in [-0.3, -0.25) is 14.8 Å². The van der Waals surface area contributed by atoms with Gasteiger partial charge in [0.05, 0.1) is 17.8 Å². The highest BCUT2D eigenvalue weighted by Crippen LogP contribution is 2.37. The van der Waals surface area contributed by atoms with Gasteiger partial charge in [-0.25, -0.2) is 9.78 Å². The number of rotatable bonds is 4. The van der Waals surface area contributed by atoms with Crippen LogP contribution in [0.1, 0.15) is 61.3 Å². The third-order valence-corrected chi connectivity index (χ3v) is 6.65. The van der Waals surface area contributed by atoms with E-state index >= 15 is 0 Å². The quantitative estimate of drug-likeness (QED) is 0.470. The number of carbonyl (C=O) groups excluding carboxylic acids is 2. The molecule has 1 aromatic carbocycles. The van der Waals surface area contributed by atoms with Gasteiger partial charge in [0, 0.05) is 36.8 Å². The van der Waals surface area contributed by atoms with Gasteiger partial charge in [-0.05, 0) is 64.1 Å². The second-order valence-corrected chi connectivity index (χ2v) is 10.8. The first-order valence-electron chi connectivity index (χ1n) is 12.6. The third-order valence-electron chi connectivity index (χ3n) is 6.65. The minimum Gasteiger partial charge on any atom is -0.444 e. The lowest BCUT2D eigenvalue weighted by molar-refractivity contribution is -0.137. The van der Waals surface area contributed by atoms with Crippen LogP contribution in [-0.2, 0) is 10.9 Å². The number of pyridine rings is 1. The summed E-state index contributed by atoms with van der Waals surface area (Å²) in [5, 5.41) is 7.10. The Bertz CT molecular complexity index is 1390. The van der Waals surface area contributed by atoms with E-state index < -0.39 is 23.4 Å². The van der Waals surface area contributed by atoms with Gasteiger partial charge < -0.3 is 14.5 Å². The number of nitrogens with zero attached hydrogens (tertiary/aromatic N) is 5. The Morgan fingerprint density at radius 1 is 1.05 bits per heavy atom. The molecule has 2 amide bonds. The van der Waals surface area contributed by atoms with Gasteiger partial charge in [-0.1, -0.05) is 6.07 Å². The average molecular weight is 543 g/mol. The van der Waals surface area contributed by atoms with Crippen LogP contribution < -0.4 is 15.1 Å². The first kappa shape index (κ1) is 26.5. The summed E-state index contributed by atoms with van der Waals surface area (Å²) >= 11 is 0. The normalized spacial score (nSPS) is 18.0. The van der Waals surface area contributed by atoms with Gasteiger partial charge in [-0.15, -0.1) is 0 Å². The van der Waals surface area contributed by atoms with Crippen LogP contribution in [0.2, 0.25) is 0 Å². The highest BCUT2D eigenvalue weighted by molar-refractivity contribution is 6.07. The molecule has 0 aliphatic carbocycles. The van der Waals surface area contributed by atoms with Crippen molar-refractivity contribution >= 4 is 29.3 Å². The molecule has 1 saturated heterocycles. The van der Waals surface area contributed by atoms with Crippen molar-refractivity contribution in [1.29, 1.82) is 0 Å². The van der Waals surface area contributed by atoms with E-state index in [0.29, 0.717) is 42.7 Å². The van der Waals surface area contributed by atoms with Gasteiger partial charge >= 0.3 is 12.3 Å². The number of nitrogens with one attached hydrogen (secondary N) is 1. The molecule has 0 saturated carbocycles. The van der Waals surface area contributed by atoms with Crippen molar-refractivity contribution < 1.29 is 27.5 Å². The number of ether oxygens (including phenoxy) is 1. The number of amides is 2. The summed E-state index contributed by atoms with van der Waals surface area (Å²) in [5.74, 6) is 0.762. The number of fused-ring (bicyclic) bond motifs is 1. The van der Waals surface area contributed by atoms with Crippen LogP contribution in [0.15, 0.2) is 48.7 Å². The second-order valence-electron chi connectivity index (χ2n) is 10.8. The predicted octanol–water partition coefficient (Wildman–Crippen LogP) is 5.47. The van der Waals surface area contributed by atoms with E-state index in [1.54, 1.807) is 43.8 Å². The Morgan fingerprint density at radius 3 is 2.38 bits per heavy atom. The molecule has 1 unspecified atom stereocenters. The smallest absolute Gasteiger partial charge is 0.416 e. The van der Waals surface area contributed by atoms with Crippen molar-refractivity contribution in [3.8, 4) is 0 Å². The summed E-state index contributed by atoms with van der Waals surface area (Å²) in [6, 6.07) is 9.78. The number of halogens is 3. The average Bonchev–Trinajstić information content (AvgIpc) is 3.25. The minimum atomic E-state index is -4.44. The summed E-state index contributed by atoms with van der Waals surface area (Å²) in [5.41, 5.74) is 0.262. The number of hydrogen-bond donors (Lipinski definition) is 1. The topological polar surface area (TPSA) is 92.6 Å². The van der Waals surface area contributed by atoms with Gasteiger partial charge in [0.2, 0.25) is 0 Å². The summed E-state index contributed by atoms with van der Waals surface area (Å²) < 4.78 is 46.0. The zero-order valence-corrected chi connectivity index (χ0v) is 22.0. The summed E-state index contributed by atoms with van der Waals surface area (Å²) in [4.78, 5) is 33.7. The Hall–Kier alpha value is -4.09. The van der Waals surface area contributed by atoms with E-state index in [1.807, 2.05) is 17.9 Å². The number of hydrogen-bond acceptors (Lipinski definition) is 6. The standard InChI is InChI=1S/C27H29F3N6O3/c1-16-13-35(19-10-8-18(9-11-19)27(28,29)30)24(37)23-20(12-31-36(16)23)17-14-34(15-17)22-7-5-6-21(32-22)33-25(38)39-26(2,3)4/h5-12,16-17H,13-15H2,1-4H3,(H,32,33,38). The van der Waals surface area contributed by atoms with Crippen molar-refractivity contribution in [1.82, 2.24) is 14.8 Å². The van der Waals surface area contributed by atoms with Gasteiger partial charge in [0.25, 0.3) is 5.91 Å². The molecule has 4 heterocycles. The lowest BCUT2D eigenvalue weighted by Crippen LogP contribution is -2.48. The molecule has 206 valence electrons. The van der Waals surface area contributed by atoms with Crippen LogP contribution in [0, 0.1) is 0 Å². The van der Waals surface area contributed by atoms with E-state index in [1.165, 1.54) is 17.0 Å². The maximum absolute atomic E-state index is 13.5. The van der Waals surface area contributed by atoms with Crippen LogP contribution in [0.4, 0.5) is 35.3 Å². The first-order chi connectivity index (χ1) is 18.3. The Morgan fingerprint density at radius 2 is 1.74 bits per heavy atom. The fourth-order valence-electron chi connectivity index (χ4n) is 4.77. The molecule has 2 aliphatic rings. The zero-order chi connectivity index (χ0) is 28.1. The monoisotopic (exact) mass is 542 g/mol. The van der Waals surface area contributed by atoms with Crippen LogP contribution in [0.3, 0.4) is 0 Å². The van der Waals surface area contributed by atoms with Crippen molar-refractivity contribution in [2.75, 3.05) is 34.8 Å². The van der Waals surface area contributed by atoms with Gasteiger partial charge in [-0.2, -0.15) is 18.3 Å². The molecular weight excluding hydrogens is 513 g/mol. The number of aromatic nitrogens is 3. The zero-order valence-electron chi connectivity index (χ0n) is 22.0. The highest BCUT2D eigenvalue weighted by atomic mass is 19.4. The van der Waals surface area contributed by atoms with Gasteiger partial charge in [0.1, 0.15) is 22.9 Å². The molecule has 2 aromatic heterocycles. The molecule has 12 heteroatoms. The number of benzene rings is 1. The van der Waals surface area contributed by atoms with Crippen LogP contribution in [0.25, 0.3) is 0 Å². The van der Waals surface area contributed by atoms with E-state index in [-0.39, 0.29) is 17.9 Å². The SMILES string of the molecule is CC1CN(c2ccc(C(F)(F)F)cc2)C(=O)c2c(C3CN(c4cccc(NC(=O)OC(C)(C)C)n4)C3)cnn21. The molecule has 3 aromatic rings. The third kappa shape index (κ3) is 5.41. The maximum Gasteiger partial charge on any atom is 0.416 e. The lowest BCUT2D eigenvalue weighted by atomic mass is 9.90. The van der Waals surface area contributed by atoms with Crippen LogP contribution in [0.5, 0.6) is 0 Å². The summed E-state index contributed by atoms with van der Waals surface area (Å²) in [6.45, 7) is 8.73. The number of anilines is 3. The first-order valence-corrected chi connectivity index (χ1v) is 12.6. The Labute approximate surface area is 223 Å². The molecule has 5 rings (SSSR count). The molecule has 1 atom stereocenters. The molecule has 1 N–H and O–H groups in total. The van der Waals surface area contributed by atoms with E-state index in [4.69, 9.17) is 4.74 Å². The lowest BCUT2D eigenvalue weighted by Gasteiger charge is -2.41. The Balaban J connectivity index is 1.30. The molecule has 2 aliphatic heterocycles. The highest BCUT2D eigenvalue weighted by Gasteiger charge is 2.39. The molecule has 0 bridgehead atoms. The minimum absolute atomic E-state index is 0.0155. The molecule has 0 spiro atoms. The maximum atomic E-state index is 13.5. The second kappa shape index (κ2) is 9.58. The van der Waals surface area contributed by atoms with Crippen molar-refractivity contribution in [2.24, 2.45) is 0 Å². The predicted molar refractivity (Wildman–Crippen MR) is 139 cm³/mol. The van der Waals surface area contributed by atoms with Crippen molar-refractivity contribution in [3.63, 3.8) is 0 Å². The van der Waals surface area contributed by atoms with Crippen LogP contribution >= 0.6 is 0 Å². The fourth-order valence-corrected chi connectivity index (χ4v) is 4.77. The van der Waals surface area contributed by atoms with Crippen LogP contribution in [-0.4, -0.2) is 52.0 Å². The molecular formula is C27H29F3N6O3. The number of carbonyl (C=O) groups is 2. The van der Waals surface area contributed by atoms with Crippen molar-refractivity contribution in [2.45, 2.75) is 51.4 Å². The van der Waals surface area contributed by atoms with Crippen molar-refractivity contribution in [3.05, 3.63) is 65.5 Å². The summed E-state index contributed by atoms with van der Waals surface area (Å²) in [7, 11) is 0. The fraction of sp³-hybridized carbons (Fsp3) is 0.407. The molecule has 0 radical (unpaired) electrons. The largest absolute Gasteiger partial charge is 0.444 e. The van der Waals surface area contributed by atoms with E-state index in [0.717, 1.165) is 17.7 Å².